The van der Waals surface area contributed by atoms with E-state index in [0.29, 0.717) is 17.4 Å². The molecule has 158 valence electrons. The summed E-state index contributed by atoms with van der Waals surface area (Å²) in [5.74, 6) is -1.56. The van der Waals surface area contributed by atoms with Crippen LogP contribution in [0.5, 0.6) is 5.75 Å². The minimum Gasteiger partial charge on any atom is -0.508 e. The van der Waals surface area contributed by atoms with Crippen LogP contribution in [-0.4, -0.2) is 45.7 Å². The molecule has 0 unspecified atom stereocenters. The van der Waals surface area contributed by atoms with Gasteiger partial charge in [0.05, 0.1) is 13.0 Å². The summed E-state index contributed by atoms with van der Waals surface area (Å²) < 4.78 is 0. The van der Waals surface area contributed by atoms with E-state index in [1.54, 1.807) is 12.1 Å². The molecule has 0 heterocycles. The number of hydrogen-bond donors (Lipinski definition) is 4. The number of hydrogen-bond acceptors (Lipinski definition) is 5. The second-order valence-corrected chi connectivity index (χ2v) is 7.36. The molecule has 1 aliphatic rings. The smallest absolute Gasteiger partial charge is 0.248 e. The molecular weight excluding hydrogens is 374 g/mol. The Morgan fingerprint density at radius 1 is 1.17 bits per heavy atom. The standard InChI is InChI=1S/C21H29N3O5/c22-21(28)18(23-19(26)11-8-15-4-2-1-3-5-15)14-20(27)24(29)13-12-16-6-9-17(25)10-7-16/h6-11,15,18,25,29H,1-5,12-14H2,(H2,22,28)(H,23,26)/b11-8+/t18-/m1/s1. The van der Waals surface area contributed by atoms with Crippen molar-refractivity contribution in [3.63, 3.8) is 0 Å². The van der Waals surface area contributed by atoms with Crippen LogP contribution in [0.25, 0.3) is 0 Å². The number of nitrogens with two attached hydrogens (primary N) is 1. The van der Waals surface area contributed by atoms with Gasteiger partial charge in [-0.05, 0) is 49.0 Å². The summed E-state index contributed by atoms with van der Waals surface area (Å²) in [7, 11) is 0. The minimum atomic E-state index is -1.20. The number of rotatable bonds is 9. The molecule has 1 aromatic carbocycles. The van der Waals surface area contributed by atoms with Gasteiger partial charge in [0.2, 0.25) is 17.7 Å². The predicted molar refractivity (Wildman–Crippen MR) is 107 cm³/mol. The molecule has 0 spiro atoms. The highest BCUT2D eigenvalue weighted by molar-refractivity contribution is 5.94. The van der Waals surface area contributed by atoms with Crippen LogP contribution in [0, 0.1) is 5.92 Å². The average Bonchev–Trinajstić information content (AvgIpc) is 2.71. The second kappa shape index (κ2) is 11.2. The summed E-state index contributed by atoms with van der Waals surface area (Å²) in [4.78, 5) is 35.9. The zero-order valence-electron chi connectivity index (χ0n) is 16.4. The van der Waals surface area contributed by atoms with E-state index in [9.17, 15) is 24.7 Å². The molecule has 8 heteroatoms. The SMILES string of the molecule is NC(=O)[C@@H](CC(=O)N(O)CCc1ccc(O)cc1)NC(=O)/C=C/C1CCCCC1. The van der Waals surface area contributed by atoms with Crippen LogP contribution in [0.2, 0.25) is 0 Å². The predicted octanol–water partition coefficient (Wildman–Crippen LogP) is 1.65. The van der Waals surface area contributed by atoms with Gasteiger partial charge in [-0.2, -0.15) is 0 Å². The second-order valence-electron chi connectivity index (χ2n) is 7.36. The van der Waals surface area contributed by atoms with Gasteiger partial charge in [-0.15, -0.1) is 0 Å². The van der Waals surface area contributed by atoms with E-state index in [4.69, 9.17) is 5.73 Å². The van der Waals surface area contributed by atoms with Crippen molar-refractivity contribution in [3.05, 3.63) is 42.0 Å². The highest BCUT2D eigenvalue weighted by Crippen LogP contribution is 2.24. The minimum absolute atomic E-state index is 0.00458. The summed E-state index contributed by atoms with van der Waals surface area (Å²) in [5, 5.41) is 22.1. The third-order valence-electron chi connectivity index (χ3n) is 5.04. The molecule has 3 amide bonds. The Morgan fingerprint density at radius 3 is 2.45 bits per heavy atom. The molecule has 1 fully saturated rings. The topological polar surface area (TPSA) is 133 Å². The van der Waals surface area contributed by atoms with Crippen LogP contribution in [0.1, 0.15) is 44.1 Å². The summed E-state index contributed by atoms with van der Waals surface area (Å²) >= 11 is 0. The van der Waals surface area contributed by atoms with Crippen molar-refractivity contribution >= 4 is 17.7 Å². The molecule has 1 aliphatic carbocycles. The molecule has 0 aromatic heterocycles. The number of amides is 3. The number of nitrogens with zero attached hydrogens (tertiary/aromatic N) is 1. The number of primary amides is 1. The van der Waals surface area contributed by atoms with Crippen molar-refractivity contribution in [2.24, 2.45) is 11.7 Å². The summed E-state index contributed by atoms with van der Waals surface area (Å²) in [5.41, 5.74) is 6.12. The summed E-state index contributed by atoms with van der Waals surface area (Å²) in [6.07, 6.45) is 8.75. The number of hydroxylamine groups is 2. The number of phenolic OH excluding ortho intramolecular Hbond substituents is 1. The quantitative estimate of drug-likeness (QED) is 0.283. The Hall–Kier alpha value is -2.87. The van der Waals surface area contributed by atoms with Crippen molar-refractivity contribution < 1.29 is 24.7 Å². The van der Waals surface area contributed by atoms with E-state index < -0.39 is 30.2 Å². The zero-order valence-corrected chi connectivity index (χ0v) is 16.4. The highest BCUT2D eigenvalue weighted by Gasteiger charge is 2.24. The number of nitrogens with one attached hydrogen (secondary N) is 1. The fourth-order valence-electron chi connectivity index (χ4n) is 3.29. The van der Waals surface area contributed by atoms with Crippen molar-refractivity contribution in [1.82, 2.24) is 10.4 Å². The van der Waals surface area contributed by atoms with E-state index in [-0.39, 0.29) is 12.3 Å². The number of carbonyl (C=O) groups is 3. The normalized spacial score (nSPS) is 15.8. The van der Waals surface area contributed by atoms with Gasteiger partial charge in [-0.3, -0.25) is 19.6 Å². The largest absolute Gasteiger partial charge is 0.508 e. The molecule has 0 bridgehead atoms. The average molecular weight is 403 g/mol. The van der Waals surface area contributed by atoms with E-state index in [2.05, 4.69) is 5.32 Å². The lowest BCUT2D eigenvalue weighted by atomic mass is 9.89. The van der Waals surface area contributed by atoms with Crippen LogP contribution in [0.3, 0.4) is 0 Å². The molecule has 0 radical (unpaired) electrons. The molecular formula is C21H29N3O5. The first kappa shape index (κ1) is 22.4. The fourth-order valence-corrected chi connectivity index (χ4v) is 3.29. The van der Waals surface area contributed by atoms with E-state index in [1.165, 1.54) is 24.6 Å². The Bertz CT molecular complexity index is 726. The number of phenols is 1. The van der Waals surface area contributed by atoms with Crippen LogP contribution < -0.4 is 11.1 Å². The number of aromatic hydroxyl groups is 1. The lowest BCUT2D eigenvalue weighted by Gasteiger charge is -2.19. The fraction of sp³-hybridized carbons (Fsp3) is 0.476. The lowest BCUT2D eigenvalue weighted by Crippen LogP contribution is -2.47. The van der Waals surface area contributed by atoms with Crippen LogP contribution in [-0.2, 0) is 20.8 Å². The van der Waals surface area contributed by atoms with Gasteiger partial charge in [-0.1, -0.05) is 37.5 Å². The highest BCUT2D eigenvalue weighted by atomic mass is 16.5. The number of benzene rings is 1. The maximum absolute atomic E-state index is 12.2. The van der Waals surface area contributed by atoms with Gasteiger partial charge in [0.15, 0.2) is 0 Å². The third-order valence-corrected chi connectivity index (χ3v) is 5.04. The molecule has 1 atom stereocenters. The van der Waals surface area contributed by atoms with Crippen molar-refractivity contribution in [3.8, 4) is 5.75 Å². The Kier molecular flexibility index (Phi) is 8.67. The zero-order chi connectivity index (χ0) is 21.2. The maximum atomic E-state index is 12.2. The van der Waals surface area contributed by atoms with Crippen molar-refractivity contribution in [2.45, 2.75) is 51.0 Å². The van der Waals surface area contributed by atoms with Gasteiger partial charge in [-0.25, -0.2) is 5.06 Å². The van der Waals surface area contributed by atoms with Crippen molar-refractivity contribution in [1.29, 1.82) is 0 Å². The van der Waals surface area contributed by atoms with Gasteiger partial charge in [0, 0.05) is 0 Å². The van der Waals surface area contributed by atoms with Gasteiger partial charge >= 0.3 is 0 Å². The molecule has 2 rings (SSSR count). The molecule has 8 nitrogen and oxygen atoms in total. The molecule has 5 N–H and O–H groups in total. The maximum Gasteiger partial charge on any atom is 0.248 e. The first-order valence-electron chi connectivity index (χ1n) is 9.90. The molecule has 1 aromatic rings. The van der Waals surface area contributed by atoms with E-state index in [1.807, 2.05) is 6.08 Å². The first-order valence-corrected chi connectivity index (χ1v) is 9.90. The third kappa shape index (κ3) is 7.95. The molecule has 0 aliphatic heterocycles. The molecule has 29 heavy (non-hydrogen) atoms. The monoisotopic (exact) mass is 403 g/mol. The first-order chi connectivity index (χ1) is 13.8. The van der Waals surface area contributed by atoms with E-state index >= 15 is 0 Å². The van der Waals surface area contributed by atoms with Gasteiger partial charge in [0.25, 0.3) is 0 Å². The Morgan fingerprint density at radius 2 is 1.83 bits per heavy atom. The summed E-state index contributed by atoms with van der Waals surface area (Å²) in [6.45, 7) is 0.00458. The Balaban J connectivity index is 1.81. The van der Waals surface area contributed by atoms with Crippen LogP contribution >= 0.6 is 0 Å². The van der Waals surface area contributed by atoms with Gasteiger partial charge < -0.3 is 16.2 Å². The van der Waals surface area contributed by atoms with E-state index in [0.717, 1.165) is 31.2 Å². The Labute approximate surface area is 170 Å². The van der Waals surface area contributed by atoms with Crippen LogP contribution in [0.4, 0.5) is 0 Å². The molecule has 1 saturated carbocycles. The van der Waals surface area contributed by atoms with Gasteiger partial charge in [0.1, 0.15) is 11.8 Å². The number of allylic oxidation sites excluding steroid dienone is 1. The van der Waals surface area contributed by atoms with Crippen molar-refractivity contribution in [2.75, 3.05) is 6.54 Å². The van der Waals surface area contributed by atoms with Crippen LogP contribution in [0.15, 0.2) is 36.4 Å². The lowest BCUT2D eigenvalue weighted by molar-refractivity contribution is -0.166. The molecule has 0 saturated heterocycles. The summed E-state index contributed by atoms with van der Waals surface area (Å²) in [6, 6.07) is 5.18. The number of carbonyl (C=O) groups excluding carboxylic acids is 3.